The average Bonchev–Trinajstić information content (AvgIpc) is 3.39. The second kappa shape index (κ2) is 7.00. The molecule has 0 aliphatic heterocycles. The van der Waals surface area contributed by atoms with Gasteiger partial charge in [0.05, 0.1) is 17.5 Å². The van der Waals surface area contributed by atoms with Crippen molar-refractivity contribution in [1.82, 2.24) is 0 Å². The monoisotopic (exact) mass is 392 g/mol. The third kappa shape index (κ3) is 3.63. The number of anilines is 2. The highest BCUT2D eigenvalue weighted by atomic mass is 19.4. The van der Waals surface area contributed by atoms with Gasteiger partial charge in [-0.25, -0.2) is 0 Å². The third-order valence-electron chi connectivity index (χ3n) is 5.66. The predicted octanol–water partition coefficient (Wildman–Crippen LogP) is 4.93. The summed E-state index contributed by atoms with van der Waals surface area (Å²) in [6.45, 7) is 0. The molecule has 2 N–H and O–H groups in total. The van der Waals surface area contributed by atoms with Gasteiger partial charge in [0, 0.05) is 11.6 Å². The minimum absolute atomic E-state index is 0.0118. The van der Waals surface area contributed by atoms with E-state index in [4.69, 9.17) is 4.42 Å². The summed E-state index contributed by atoms with van der Waals surface area (Å²) in [7, 11) is 0. The lowest BCUT2D eigenvalue weighted by atomic mass is 9.88. The van der Waals surface area contributed by atoms with Crippen molar-refractivity contribution in [3.63, 3.8) is 0 Å². The molecule has 8 heteroatoms. The Hall–Kier alpha value is -2.77. The van der Waals surface area contributed by atoms with E-state index in [1.54, 1.807) is 0 Å². The van der Waals surface area contributed by atoms with Gasteiger partial charge < -0.3 is 15.1 Å². The normalized spacial score (nSPS) is 23.6. The zero-order valence-corrected chi connectivity index (χ0v) is 14.9. The second-order valence-electron chi connectivity index (χ2n) is 7.46. The van der Waals surface area contributed by atoms with Crippen molar-refractivity contribution in [3.8, 4) is 0 Å². The van der Waals surface area contributed by atoms with E-state index in [-0.39, 0.29) is 34.9 Å². The first-order chi connectivity index (χ1) is 13.3. The van der Waals surface area contributed by atoms with Crippen LogP contribution in [-0.2, 0) is 11.0 Å². The highest BCUT2D eigenvalue weighted by Gasteiger charge is 2.43. The molecule has 1 aromatic carbocycles. The van der Waals surface area contributed by atoms with Crippen LogP contribution in [0.15, 0.2) is 41.0 Å². The molecule has 28 heavy (non-hydrogen) atoms. The predicted molar refractivity (Wildman–Crippen MR) is 95.7 cm³/mol. The summed E-state index contributed by atoms with van der Waals surface area (Å²) in [5.41, 5.74) is -1.33. The molecule has 2 aliphatic carbocycles. The van der Waals surface area contributed by atoms with Gasteiger partial charge in [-0.1, -0.05) is 6.42 Å². The smallest absolute Gasteiger partial charge is 0.418 e. The number of halogens is 3. The number of amides is 2. The van der Waals surface area contributed by atoms with E-state index in [0.29, 0.717) is 5.92 Å². The van der Waals surface area contributed by atoms with Crippen LogP contribution in [0, 0.1) is 17.8 Å². The number of nitrogens with one attached hydrogen (secondary N) is 2. The summed E-state index contributed by atoms with van der Waals surface area (Å²) in [5, 5.41) is 4.83. The Balaban J connectivity index is 1.53. The van der Waals surface area contributed by atoms with E-state index in [1.807, 2.05) is 0 Å². The van der Waals surface area contributed by atoms with E-state index >= 15 is 0 Å². The van der Waals surface area contributed by atoms with E-state index < -0.39 is 17.6 Å². The van der Waals surface area contributed by atoms with Crippen LogP contribution in [0.25, 0.3) is 0 Å². The topological polar surface area (TPSA) is 71.3 Å². The Bertz CT molecular complexity index is 893. The van der Waals surface area contributed by atoms with E-state index in [1.165, 1.54) is 30.5 Å². The lowest BCUT2D eigenvalue weighted by Crippen LogP contribution is -2.28. The van der Waals surface area contributed by atoms with E-state index in [9.17, 15) is 22.8 Å². The molecular weight excluding hydrogens is 373 g/mol. The molecule has 3 atom stereocenters. The summed E-state index contributed by atoms with van der Waals surface area (Å²) < 4.78 is 45.5. The molecule has 0 radical (unpaired) electrons. The van der Waals surface area contributed by atoms with Gasteiger partial charge in [0.15, 0.2) is 5.76 Å². The van der Waals surface area contributed by atoms with Crippen molar-refractivity contribution in [2.45, 2.75) is 31.9 Å². The largest absolute Gasteiger partial charge is 0.459 e. The van der Waals surface area contributed by atoms with Crippen LogP contribution in [0.2, 0.25) is 0 Å². The minimum atomic E-state index is -4.68. The Morgan fingerprint density at radius 2 is 1.89 bits per heavy atom. The van der Waals surface area contributed by atoms with Gasteiger partial charge >= 0.3 is 6.18 Å². The highest BCUT2D eigenvalue weighted by Crippen LogP contribution is 2.49. The number of benzene rings is 1. The second-order valence-corrected chi connectivity index (χ2v) is 7.46. The third-order valence-corrected chi connectivity index (χ3v) is 5.66. The van der Waals surface area contributed by atoms with Crippen LogP contribution < -0.4 is 10.6 Å². The number of alkyl halides is 3. The van der Waals surface area contributed by atoms with Crippen molar-refractivity contribution in [2.75, 3.05) is 10.6 Å². The Morgan fingerprint density at radius 1 is 1.07 bits per heavy atom. The van der Waals surface area contributed by atoms with Crippen molar-refractivity contribution >= 4 is 23.2 Å². The Morgan fingerprint density at radius 3 is 2.50 bits per heavy atom. The summed E-state index contributed by atoms with van der Waals surface area (Å²) in [6, 6.07) is 6.23. The zero-order valence-electron chi connectivity index (χ0n) is 14.9. The molecule has 2 amide bonds. The Kier molecular flexibility index (Phi) is 4.64. The first-order valence-corrected chi connectivity index (χ1v) is 9.18. The summed E-state index contributed by atoms with van der Waals surface area (Å²) in [6.07, 6.45) is 0.420. The van der Waals surface area contributed by atoms with Crippen LogP contribution in [0.3, 0.4) is 0 Å². The van der Waals surface area contributed by atoms with Crippen LogP contribution in [-0.4, -0.2) is 11.8 Å². The summed E-state index contributed by atoms with van der Waals surface area (Å²) in [4.78, 5) is 24.5. The van der Waals surface area contributed by atoms with Gasteiger partial charge in [-0.15, -0.1) is 0 Å². The highest BCUT2D eigenvalue weighted by molar-refractivity contribution is 6.02. The summed E-state index contributed by atoms with van der Waals surface area (Å²) >= 11 is 0. The number of hydrogen-bond donors (Lipinski definition) is 2. The van der Waals surface area contributed by atoms with E-state index in [0.717, 1.165) is 31.7 Å². The first-order valence-electron chi connectivity index (χ1n) is 9.18. The van der Waals surface area contributed by atoms with Gasteiger partial charge in [0.2, 0.25) is 5.91 Å². The fourth-order valence-corrected chi connectivity index (χ4v) is 4.36. The summed E-state index contributed by atoms with van der Waals surface area (Å²) in [5.74, 6) is -0.462. The molecule has 2 bridgehead atoms. The lowest BCUT2D eigenvalue weighted by Gasteiger charge is -2.22. The number of carbonyl (C=O) groups excluding carboxylic acids is 2. The molecule has 2 aliphatic rings. The van der Waals surface area contributed by atoms with Crippen molar-refractivity contribution in [1.29, 1.82) is 0 Å². The molecule has 1 heterocycles. The zero-order chi connectivity index (χ0) is 19.9. The van der Waals surface area contributed by atoms with Crippen LogP contribution >= 0.6 is 0 Å². The van der Waals surface area contributed by atoms with Crippen molar-refractivity contribution in [3.05, 3.63) is 47.9 Å². The van der Waals surface area contributed by atoms with Crippen LogP contribution in [0.4, 0.5) is 24.5 Å². The molecule has 0 spiro atoms. The molecule has 0 saturated heterocycles. The van der Waals surface area contributed by atoms with Gasteiger partial charge in [-0.3, -0.25) is 9.59 Å². The van der Waals surface area contributed by atoms with Crippen molar-refractivity contribution in [2.24, 2.45) is 17.8 Å². The number of fused-ring (bicyclic) bond motifs is 2. The fourth-order valence-electron chi connectivity index (χ4n) is 4.36. The lowest BCUT2D eigenvalue weighted by molar-refractivity contribution is -0.137. The molecule has 3 unspecified atom stereocenters. The maximum absolute atomic E-state index is 13.5. The van der Waals surface area contributed by atoms with Gasteiger partial charge in [0.25, 0.3) is 5.91 Å². The molecule has 5 nitrogen and oxygen atoms in total. The van der Waals surface area contributed by atoms with Gasteiger partial charge in [-0.05, 0) is 61.4 Å². The number of rotatable bonds is 4. The maximum atomic E-state index is 13.5. The van der Waals surface area contributed by atoms with Crippen molar-refractivity contribution < 1.29 is 27.2 Å². The van der Waals surface area contributed by atoms with Gasteiger partial charge in [0.1, 0.15) is 0 Å². The SMILES string of the molecule is O=C(Nc1ccc(NC(=O)C2CC3CCC2C3)c(C(F)(F)F)c1)c1ccco1. The molecule has 2 aromatic rings. The molecule has 4 rings (SSSR count). The molecule has 2 fully saturated rings. The molecule has 1 aromatic heterocycles. The number of hydrogen-bond acceptors (Lipinski definition) is 3. The number of furan rings is 1. The minimum Gasteiger partial charge on any atom is -0.459 e. The van der Waals surface area contributed by atoms with Gasteiger partial charge in [-0.2, -0.15) is 13.2 Å². The Labute approximate surface area is 159 Å². The average molecular weight is 392 g/mol. The first kappa shape index (κ1) is 18.6. The number of carbonyl (C=O) groups is 2. The molecule has 2 saturated carbocycles. The van der Waals surface area contributed by atoms with E-state index in [2.05, 4.69) is 10.6 Å². The quantitative estimate of drug-likeness (QED) is 0.775. The standard InChI is InChI=1S/C20H19F3N2O3/c21-20(22,23)15-10-13(24-19(27)17-2-1-7-28-17)5-6-16(15)25-18(26)14-9-11-3-4-12(14)8-11/h1-2,5-7,10-12,14H,3-4,8-9H2,(H,24,27)(H,25,26). The van der Waals surface area contributed by atoms with Crippen LogP contribution in [0.1, 0.15) is 41.8 Å². The molecular formula is C20H19F3N2O3. The fraction of sp³-hybridized carbons (Fsp3) is 0.400. The maximum Gasteiger partial charge on any atom is 0.418 e. The molecule has 148 valence electrons. The van der Waals surface area contributed by atoms with Crippen LogP contribution in [0.5, 0.6) is 0 Å².